The molecule has 30 heavy (non-hydrogen) atoms. The van der Waals surface area contributed by atoms with Crippen LogP contribution in [0.25, 0.3) is 0 Å². The zero-order valence-corrected chi connectivity index (χ0v) is 17.8. The number of hydrogen-bond acceptors (Lipinski definition) is 4. The van der Waals surface area contributed by atoms with Gasteiger partial charge in [-0.15, -0.1) is 0 Å². The van der Waals surface area contributed by atoms with Crippen LogP contribution in [0.3, 0.4) is 0 Å². The van der Waals surface area contributed by atoms with Gasteiger partial charge in [-0.3, -0.25) is 9.52 Å². The molecule has 1 amide bonds. The van der Waals surface area contributed by atoms with Crippen LogP contribution in [0.15, 0.2) is 71.6 Å². The Kier molecular flexibility index (Phi) is 6.28. The molecule has 0 spiro atoms. The average Bonchev–Trinajstić information content (AvgIpc) is 2.68. The van der Waals surface area contributed by atoms with E-state index < -0.39 is 15.8 Å². The van der Waals surface area contributed by atoms with Crippen molar-refractivity contribution in [3.05, 3.63) is 83.1 Å². The lowest BCUT2D eigenvalue weighted by Gasteiger charge is -2.19. The molecule has 0 saturated carbocycles. The van der Waals surface area contributed by atoms with Crippen molar-refractivity contribution in [1.82, 2.24) is 0 Å². The molecule has 3 aromatic carbocycles. The smallest absolute Gasteiger partial charge is 0.261 e. The molecule has 0 heterocycles. The molecule has 2 N–H and O–H groups in total. The SMILES string of the molecule is CN(C)c1c(Cl)cccc1NC(=O)c1ccc(NS(=O)(=O)c2ccc(F)cc2)cc1. The number of nitrogens with zero attached hydrogens (tertiary/aromatic N) is 1. The Bertz CT molecular complexity index is 1170. The van der Waals surface area contributed by atoms with Crippen molar-refractivity contribution in [2.45, 2.75) is 4.90 Å². The lowest BCUT2D eigenvalue weighted by Crippen LogP contribution is -2.17. The molecule has 0 saturated heterocycles. The van der Waals surface area contributed by atoms with Gasteiger partial charge < -0.3 is 10.2 Å². The first-order chi connectivity index (χ1) is 14.2. The maximum Gasteiger partial charge on any atom is 0.261 e. The van der Waals surface area contributed by atoms with Crippen molar-refractivity contribution in [3.63, 3.8) is 0 Å². The van der Waals surface area contributed by atoms with Gasteiger partial charge in [0, 0.05) is 25.3 Å². The van der Waals surface area contributed by atoms with E-state index in [4.69, 9.17) is 11.6 Å². The molecule has 0 atom stereocenters. The Morgan fingerprint density at radius 3 is 2.20 bits per heavy atom. The van der Waals surface area contributed by atoms with E-state index >= 15 is 0 Å². The third-order valence-corrected chi connectivity index (χ3v) is 5.91. The standard InChI is InChI=1S/C21H19ClFN3O3S/c1-26(2)20-18(22)4-3-5-19(20)24-21(27)14-6-10-16(11-7-14)25-30(28,29)17-12-8-15(23)9-13-17/h3-13,25H,1-2H3,(H,24,27). The molecule has 0 aromatic heterocycles. The topological polar surface area (TPSA) is 78.5 Å². The fraction of sp³-hybridized carbons (Fsp3) is 0.0952. The number of sulfonamides is 1. The number of hydrogen-bond donors (Lipinski definition) is 2. The normalized spacial score (nSPS) is 11.1. The third kappa shape index (κ3) is 4.90. The van der Waals surface area contributed by atoms with Gasteiger partial charge in [0.2, 0.25) is 0 Å². The Morgan fingerprint density at radius 2 is 1.60 bits per heavy atom. The van der Waals surface area contributed by atoms with Gasteiger partial charge in [0.05, 0.1) is 21.3 Å². The first-order valence-electron chi connectivity index (χ1n) is 8.83. The van der Waals surface area contributed by atoms with E-state index in [0.717, 1.165) is 12.1 Å². The Morgan fingerprint density at radius 1 is 0.967 bits per heavy atom. The average molecular weight is 448 g/mol. The molecular weight excluding hydrogens is 429 g/mol. The maximum atomic E-state index is 13.0. The molecule has 0 unspecified atom stereocenters. The monoisotopic (exact) mass is 447 g/mol. The molecule has 0 bridgehead atoms. The molecular formula is C21H19ClFN3O3S. The van der Waals surface area contributed by atoms with Gasteiger partial charge in [-0.1, -0.05) is 17.7 Å². The number of carbonyl (C=O) groups is 1. The molecule has 0 aliphatic carbocycles. The van der Waals surface area contributed by atoms with Gasteiger partial charge in [0.1, 0.15) is 5.82 Å². The van der Waals surface area contributed by atoms with Crippen LogP contribution >= 0.6 is 11.6 Å². The molecule has 3 aromatic rings. The van der Waals surface area contributed by atoms with E-state index in [0.29, 0.717) is 22.0 Å². The predicted molar refractivity (Wildman–Crippen MR) is 117 cm³/mol. The zero-order chi connectivity index (χ0) is 21.9. The summed E-state index contributed by atoms with van der Waals surface area (Å²) < 4.78 is 40.2. The molecule has 0 radical (unpaired) electrons. The number of rotatable bonds is 6. The van der Waals surface area contributed by atoms with Crippen LogP contribution in [-0.4, -0.2) is 28.4 Å². The fourth-order valence-corrected chi connectivity index (χ4v) is 4.18. The van der Waals surface area contributed by atoms with E-state index in [-0.39, 0.29) is 16.5 Å². The second-order valence-electron chi connectivity index (χ2n) is 6.62. The Balaban J connectivity index is 1.75. The number of nitrogens with one attached hydrogen (secondary N) is 2. The lowest BCUT2D eigenvalue weighted by molar-refractivity contribution is 0.102. The van der Waals surface area contributed by atoms with Crippen molar-refractivity contribution in [2.24, 2.45) is 0 Å². The first-order valence-corrected chi connectivity index (χ1v) is 10.7. The number of para-hydroxylation sites is 1. The molecule has 156 valence electrons. The van der Waals surface area contributed by atoms with Crippen molar-refractivity contribution in [2.75, 3.05) is 29.0 Å². The second kappa shape index (κ2) is 8.73. The molecule has 6 nitrogen and oxygen atoms in total. The third-order valence-electron chi connectivity index (χ3n) is 4.21. The van der Waals surface area contributed by atoms with Crippen LogP contribution in [-0.2, 0) is 10.0 Å². The first kappa shape index (κ1) is 21.6. The second-order valence-corrected chi connectivity index (χ2v) is 8.71. The van der Waals surface area contributed by atoms with Crippen LogP contribution in [0.4, 0.5) is 21.5 Å². The molecule has 0 aliphatic heterocycles. The van der Waals surface area contributed by atoms with Crippen LogP contribution in [0, 0.1) is 5.82 Å². The Hall–Kier alpha value is -3.10. The number of amides is 1. The fourth-order valence-electron chi connectivity index (χ4n) is 2.78. The minimum absolute atomic E-state index is 0.0668. The zero-order valence-electron chi connectivity index (χ0n) is 16.2. The molecule has 0 aliphatic rings. The quantitative estimate of drug-likeness (QED) is 0.579. The van der Waals surface area contributed by atoms with Crippen molar-refractivity contribution in [3.8, 4) is 0 Å². The minimum Gasteiger partial charge on any atom is -0.375 e. The van der Waals surface area contributed by atoms with Gasteiger partial charge >= 0.3 is 0 Å². The highest BCUT2D eigenvalue weighted by atomic mass is 35.5. The van der Waals surface area contributed by atoms with Crippen molar-refractivity contribution < 1.29 is 17.6 Å². The summed E-state index contributed by atoms with van der Waals surface area (Å²) in [5, 5.41) is 3.31. The number of benzene rings is 3. The summed E-state index contributed by atoms with van der Waals surface area (Å²) in [6.45, 7) is 0. The van der Waals surface area contributed by atoms with E-state index in [9.17, 15) is 17.6 Å². The molecule has 3 rings (SSSR count). The summed E-state index contributed by atoms with van der Waals surface area (Å²) in [5.41, 5.74) is 1.84. The van der Waals surface area contributed by atoms with Crippen molar-refractivity contribution in [1.29, 1.82) is 0 Å². The highest BCUT2D eigenvalue weighted by Gasteiger charge is 2.16. The van der Waals surface area contributed by atoms with E-state index in [1.54, 1.807) is 23.1 Å². The predicted octanol–water partition coefficient (Wildman–Crippen LogP) is 4.60. The van der Waals surface area contributed by atoms with Crippen LogP contribution in [0.2, 0.25) is 5.02 Å². The summed E-state index contributed by atoms with van der Waals surface area (Å²) in [7, 11) is -0.232. The highest BCUT2D eigenvalue weighted by Crippen LogP contribution is 2.32. The highest BCUT2D eigenvalue weighted by molar-refractivity contribution is 7.92. The van der Waals surface area contributed by atoms with E-state index in [2.05, 4.69) is 10.0 Å². The van der Waals surface area contributed by atoms with Crippen LogP contribution in [0.1, 0.15) is 10.4 Å². The van der Waals surface area contributed by atoms with Crippen molar-refractivity contribution >= 4 is 44.6 Å². The van der Waals surface area contributed by atoms with Crippen LogP contribution < -0.4 is 14.9 Å². The summed E-state index contributed by atoms with van der Waals surface area (Å²) in [5.74, 6) is -0.894. The van der Waals surface area contributed by atoms with E-state index in [1.165, 1.54) is 36.4 Å². The summed E-state index contributed by atoms with van der Waals surface area (Å²) in [6, 6.07) is 15.6. The molecule has 0 fully saturated rings. The minimum atomic E-state index is -3.87. The summed E-state index contributed by atoms with van der Waals surface area (Å²) in [6.07, 6.45) is 0. The summed E-state index contributed by atoms with van der Waals surface area (Å²) in [4.78, 5) is 14.3. The van der Waals surface area contributed by atoms with Crippen LogP contribution in [0.5, 0.6) is 0 Å². The Labute approximate surface area is 179 Å². The lowest BCUT2D eigenvalue weighted by atomic mass is 10.2. The van der Waals surface area contributed by atoms with E-state index in [1.807, 2.05) is 14.1 Å². The van der Waals surface area contributed by atoms with Gasteiger partial charge in [-0.25, -0.2) is 12.8 Å². The van der Waals surface area contributed by atoms with Gasteiger partial charge in [0.15, 0.2) is 0 Å². The number of halogens is 2. The van der Waals surface area contributed by atoms with Gasteiger partial charge in [0.25, 0.3) is 15.9 Å². The van der Waals surface area contributed by atoms with Gasteiger partial charge in [-0.05, 0) is 60.7 Å². The number of carbonyl (C=O) groups excluding carboxylic acids is 1. The van der Waals surface area contributed by atoms with Gasteiger partial charge in [-0.2, -0.15) is 0 Å². The largest absolute Gasteiger partial charge is 0.375 e. The molecule has 9 heteroatoms. The maximum absolute atomic E-state index is 13.0. The number of anilines is 3. The summed E-state index contributed by atoms with van der Waals surface area (Å²) >= 11 is 6.22.